The lowest BCUT2D eigenvalue weighted by atomic mass is 9.85. The summed E-state index contributed by atoms with van der Waals surface area (Å²) in [6.45, 7) is 3.41. The molecule has 1 heterocycles. The van der Waals surface area contributed by atoms with Gasteiger partial charge in [-0.05, 0) is 18.3 Å². The van der Waals surface area contributed by atoms with Gasteiger partial charge in [0.25, 0.3) is 0 Å². The first-order chi connectivity index (χ1) is 10.9. The number of hydrogen-bond acceptors (Lipinski definition) is 4. The van der Waals surface area contributed by atoms with E-state index in [2.05, 4.69) is 4.90 Å². The number of carbonyl (C=O) groups excluding carboxylic acids is 1. The van der Waals surface area contributed by atoms with Crippen LogP contribution in [-0.4, -0.2) is 62.6 Å². The van der Waals surface area contributed by atoms with Gasteiger partial charge in [-0.1, -0.05) is 32.1 Å². The van der Waals surface area contributed by atoms with Crippen molar-refractivity contribution in [3.63, 3.8) is 0 Å². The molecule has 132 valence electrons. The predicted molar refractivity (Wildman–Crippen MR) is 89.2 cm³/mol. The summed E-state index contributed by atoms with van der Waals surface area (Å²) in [6.07, 6.45) is 7.76. The molecule has 7 heteroatoms. The van der Waals surface area contributed by atoms with Gasteiger partial charge in [-0.2, -0.15) is 0 Å². The molecule has 1 saturated heterocycles. The molecule has 2 atom stereocenters. The van der Waals surface area contributed by atoms with E-state index in [0.29, 0.717) is 18.4 Å². The van der Waals surface area contributed by atoms with Gasteiger partial charge in [0.05, 0.1) is 5.75 Å². The van der Waals surface area contributed by atoms with Crippen LogP contribution < -0.4 is 5.14 Å². The molecule has 3 fully saturated rings. The van der Waals surface area contributed by atoms with Gasteiger partial charge >= 0.3 is 0 Å². The number of sulfonamides is 1. The fraction of sp³-hybridized carbons (Fsp3) is 0.938. The number of rotatable bonds is 5. The molecule has 6 nitrogen and oxygen atoms in total. The van der Waals surface area contributed by atoms with E-state index in [4.69, 9.17) is 5.14 Å². The lowest BCUT2D eigenvalue weighted by molar-refractivity contribution is -0.134. The number of primary sulfonamides is 1. The van der Waals surface area contributed by atoms with E-state index in [0.717, 1.165) is 38.5 Å². The molecule has 2 aliphatic carbocycles. The van der Waals surface area contributed by atoms with Gasteiger partial charge in [0, 0.05) is 38.6 Å². The molecule has 3 aliphatic rings. The highest BCUT2D eigenvalue weighted by Gasteiger charge is 2.48. The maximum atomic E-state index is 12.6. The van der Waals surface area contributed by atoms with E-state index in [-0.39, 0.29) is 11.7 Å². The van der Waals surface area contributed by atoms with E-state index in [9.17, 15) is 13.2 Å². The number of nitrogens with two attached hydrogens (primary N) is 1. The second kappa shape index (κ2) is 7.07. The molecule has 1 aliphatic heterocycles. The minimum absolute atomic E-state index is 0.00662. The van der Waals surface area contributed by atoms with Crippen LogP contribution >= 0.6 is 0 Å². The molecule has 0 unspecified atom stereocenters. The summed E-state index contributed by atoms with van der Waals surface area (Å²) in [5, 5.41) is 5.04. The van der Waals surface area contributed by atoms with Crippen LogP contribution in [0.5, 0.6) is 0 Å². The van der Waals surface area contributed by atoms with E-state index < -0.39 is 10.0 Å². The summed E-state index contributed by atoms with van der Waals surface area (Å²) < 4.78 is 22.0. The van der Waals surface area contributed by atoms with Crippen molar-refractivity contribution in [2.45, 2.75) is 38.5 Å². The zero-order valence-corrected chi connectivity index (χ0v) is 14.6. The first-order valence-corrected chi connectivity index (χ1v) is 10.7. The molecule has 23 heavy (non-hydrogen) atoms. The van der Waals surface area contributed by atoms with Crippen molar-refractivity contribution in [3.8, 4) is 0 Å². The maximum Gasteiger partial charge on any atom is 0.226 e. The summed E-state index contributed by atoms with van der Waals surface area (Å²) in [6, 6.07) is 0. The molecule has 3 rings (SSSR count). The maximum absolute atomic E-state index is 12.6. The number of nitrogens with zero attached hydrogens (tertiary/aromatic N) is 2. The topological polar surface area (TPSA) is 83.7 Å². The van der Waals surface area contributed by atoms with Crippen molar-refractivity contribution in [1.29, 1.82) is 0 Å². The third-order valence-corrected chi connectivity index (χ3v) is 6.54. The molecular formula is C16H29N3O3S. The van der Waals surface area contributed by atoms with Gasteiger partial charge in [0.2, 0.25) is 15.9 Å². The normalized spacial score (nSPS) is 30.4. The Hall–Kier alpha value is -0.660. The van der Waals surface area contributed by atoms with Crippen molar-refractivity contribution in [1.82, 2.24) is 9.80 Å². The van der Waals surface area contributed by atoms with E-state index in [1.165, 1.54) is 32.1 Å². The Morgan fingerprint density at radius 3 is 2.30 bits per heavy atom. The van der Waals surface area contributed by atoms with Crippen LogP contribution in [0.4, 0.5) is 0 Å². The van der Waals surface area contributed by atoms with Crippen LogP contribution in [0.25, 0.3) is 0 Å². The van der Waals surface area contributed by atoms with E-state index >= 15 is 0 Å². The van der Waals surface area contributed by atoms with Crippen LogP contribution in [0.3, 0.4) is 0 Å². The zero-order chi connectivity index (χ0) is 16.4. The molecule has 2 saturated carbocycles. The predicted octanol–water partition coefficient (Wildman–Crippen LogP) is 0.636. The lowest BCUT2D eigenvalue weighted by Gasteiger charge is -2.35. The van der Waals surface area contributed by atoms with Crippen LogP contribution in [0.2, 0.25) is 0 Å². The van der Waals surface area contributed by atoms with Gasteiger partial charge in [-0.25, -0.2) is 13.6 Å². The smallest absolute Gasteiger partial charge is 0.226 e. The van der Waals surface area contributed by atoms with E-state index in [1.54, 1.807) is 0 Å². The van der Waals surface area contributed by atoms with Crippen LogP contribution in [0, 0.1) is 17.8 Å². The Balaban J connectivity index is 1.41. The molecule has 2 N–H and O–H groups in total. The Kier molecular flexibility index (Phi) is 5.28. The number of amides is 1. The Labute approximate surface area is 139 Å². The standard InChI is InChI=1S/C16H29N3O3S/c17-23(21,22)11-10-18-6-8-19(9-7-18)16(20)15-12-14(15)13-4-2-1-3-5-13/h13-15H,1-12H2,(H2,17,21,22)/t14-,15-/m0/s1. The van der Waals surface area contributed by atoms with Crippen molar-refractivity contribution in [2.24, 2.45) is 22.9 Å². The van der Waals surface area contributed by atoms with Gasteiger partial charge < -0.3 is 4.90 Å². The fourth-order valence-electron chi connectivity index (χ4n) is 4.26. The average Bonchev–Trinajstić information content (AvgIpc) is 3.33. The van der Waals surface area contributed by atoms with Crippen LogP contribution in [0.1, 0.15) is 38.5 Å². The van der Waals surface area contributed by atoms with Crippen molar-refractivity contribution in [2.75, 3.05) is 38.5 Å². The quantitative estimate of drug-likeness (QED) is 0.794. The van der Waals surface area contributed by atoms with Gasteiger partial charge in [0.1, 0.15) is 0 Å². The van der Waals surface area contributed by atoms with Crippen molar-refractivity contribution < 1.29 is 13.2 Å². The molecule has 0 spiro atoms. The van der Waals surface area contributed by atoms with Crippen LogP contribution in [0.15, 0.2) is 0 Å². The zero-order valence-electron chi connectivity index (χ0n) is 13.8. The highest BCUT2D eigenvalue weighted by Crippen LogP contribution is 2.50. The molecule has 0 aromatic carbocycles. The third-order valence-electron chi connectivity index (χ3n) is 5.79. The highest BCUT2D eigenvalue weighted by atomic mass is 32.2. The summed E-state index contributed by atoms with van der Waals surface area (Å²) in [5.41, 5.74) is 0. The number of piperazine rings is 1. The fourth-order valence-corrected chi connectivity index (χ4v) is 4.78. The highest BCUT2D eigenvalue weighted by molar-refractivity contribution is 7.89. The summed E-state index contributed by atoms with van der Waals surface area (Å²) in [4.78, 5) is 16.7. The first kappa shape index (κ1) is 17.2. The Morgan fingerprint density at radius 2 is 1.70 bits per heavy atom. The van der Waals surface area contributed by atoms with Gasteiger partial charge in [-0.15, -0.1) is 0 Å². The summed E-state index contributed by atoms with van der Waals surface area (Å²) >= 11 is 0. The third kappa shape index (κ3) is 4.67. The lowest BCUT2D eigenvalue weighted by Crippen LogP contribution is -2.50. The molecule has 0 radical (unpaired) electrons. The van der Waals surface area contributed by atoms with Crippen molar-refractivity contribution >= 4 is 15.9 Å². The Morgan fingerprint density at radius 1 is 1.04 bits per heavy atom. The SMILES string of the molecule is NS(=O)(=O)CCN1CCN(C(=O)[C@H]2C[C@H]2C2CCCCC2)CC1. The minimum atomic E-state index is -3.40. The van der Waals surface area contributed by atoms with Crippen LogP contribution in [-0.2, 0) is 14.8 Å². The largest absolute Gasteiger partial charge is 0.340 e. The molecule has 0 aromatic rings. The van der Waals surface area contributed by atoms with Crippen molar-refractivity contribution in [3.05, 3.63) is 0 Å². The average molecular weight is 343 g/mol. The first-order valence-electron chi connectivity index (χ1n) is 8.95. The number of hydrogen-bond donors (Lipinski definition) is 1. The van der Waals surface area contributed by atoms with Gasteiger partial charge in [0.15, 0.2) is 0 Å². The Bertz CT molecular complexity index is 523. The monoisotopic (exact) mass is 343 g/mol. The molecule has 0 aromatic heterocycles. The second-order valence-corrected chi connectivity index (χ2v) is 9.17. The number of carbonyl (C=O) groups is 1. The molecular weight excluding hydrogens is 314 g/mol. The molecule has 1 amide bonds. The molecule has 0 bridgehead atoms. The van der Waals surface area contributed by atoms with Gasteiger partial charge in [-0.3, -0.25) is 9.69 Å². The minimum Gasteiger partial charge on any atom is -0.340 e. The summed E-state index contributed by atoms with van der Waals surface area (Å²) in [5.74, 6) is 2.03. The summed E-state index contributed by atoms with van der Waals surface area (Å²) in [7, 11) is -3.40. The second-order valence-electron chi connectivity index (χ2n) is 7.44. The van der Waals surface area contributed by atoms with E-state index in [1.807, 2.05) is 4.90 Å².